The number of hydrogen-bond donors (Lipinski definition) is 0. The first kappa shape index (κ1) is 19.3. The van der Waals surface area contributed by atoms with Gasteiger partial charge in [0.1, 0.15) is 11.5 Å². The van der Waals surface area contributed by atoms with Crippen molar-refractivity contribution in [1.82, 2.24) is 4.90 Å². The summed E-state index contributed by atoms with van der Waals surface area (Å²) in [6, 6.07) is 6.59. The average molecular weight is 415 g/mol. The zero-order chi connectivity index (χ0) is 18.8. The van der Waals surface area contributed by atoms with Crippen LogP contribution in [0.2, 0.25) is 0 Å². The molecule has 0 bridgehead atoms. The monoisotopic (exact) mass is 414 g/mol. The third kappa shape index (κ3) is 4.75. The Bertz CT molecular complexity index is 802. The molecule has 25 heavy (non-hydrogen) atoms. The Kier molecular flexibility index (Phi) is 5.77. The highest BCUT2D eigenvalue weighted by Gasteiger charge is 2.30. The Morgan fingerprint density at radius 3 is 2.44 bits per heavy atom. The number of hydrogen-bond acceptors (Lipinski definition) is 2. The zero-order valence-electron chi connectivity index (χ0n) is 14.3. The Morgan fingerprint density at radius 2 is 1.84 bits per heavy atom. The standard InChI is InChI=1S/C18H18BrF3N2O/c1-11-8-15(12(2)16(19)17(11)23-10-24(3)4)25-14-7-5-6-13(9-14)18(20,21)22/h5-10H,1-4H3. The minimum Gasteiger partial charge on any atom is -0.457 e. The van der Waals surface area contributed by atoms with E-state index in [0.29, 0.717) is 5.75 Å². The normalized spacial score (nSPS) is 11.8. The van der Waals surface area contributed by atoms with Crippen molar-refractivity contribution in [2.45, 2.75) is 20.0 Å². The quantitative estimate of drug-likeness (QED) is 0.446. The number of aryl methyl sites for hydroxylation is 1. The van der Waals surface area contributed by atoms with Crippen LogP contribution in [0, 0.1) is 13.8 Å². The van der Waals surface area contributed by atoms with Gasteiger partial charge in [0.15, 0.2) is 0 Å². The van der Waals surface area contributed by atoms with Crippen LogP contribution in [-0.2, 0) is 6.18 Å². The smallest absolute Gasteiger partial charge is 0.416 e. The van der Waals surface area contributed by atoms with E-state index in [0.717, 1.165) is 33.4 Å². The molecule has 0 aliphatic carbocycles. The van der Waals surface area contributed by atoms with Crippen LogP contribution in [0.15, 0.2) is 39.8 Å². The first-order valence-electron chi connectivity index (χ1n) is 7.45. The van der Waals surface area contributed by atoms with Crippen LogP contribution in [0.1, 0.15) is 16.7 Å². The largest absolute Gasteiger partial charge is 0.457 e. The lowest BCUT2D eigenvalue weighted by molar-refractivity contribution is -0.137. The van der Waals surface area contributed by atoms with Crippen molar-refractivity contribution in [2.24, 2.45) is 4.99 Å². The van der Waals surface area contributed by atoms with E-state index in [-0.39, 0.29) is 5.75 Å². The van der Waals surface area contributed by atoms with Gasteiger partial charge in [-0.05, 0) is 59.6 Å². The second kappa shape index (κ2) is 7.47. The van der Waals surface area contributed by atoms with Crippen LogP contribution < -0.4 is 4.74 Å². The van der Waals surface area contributed by atoms with Crippen molar-refractivity contribution in [3.05, 3.63) is 51.5 Å². The molecule has 7 heteroatoms. The third-order valence-electron chi connectivity index (χ3n) is 3.43. The minimum absolute atomic E-state index is 0.133. The fourth-order valence-corrected chi connectivity index (χ4v) is 2.74. The van der Waals surface area contributed by atoms with Gasteiger partial charge in [0.2, 0.25) is 0 Å². The van der Waals surface area contributed by atoms with E-state index < -0.39 is 11.7 Å². The van der Waals surface area contributed by atoms with Crippen molar-refractivity contribution < 1.29 is 17.9 Å². The van der Waals surface area contributed by atoms with E-state index in [4.69, 9.17) is 4.74 Å². The molecule has 0 unspecified atom stereocenters. The van der Waals surface area contributed by atoms with Gasteiger partial charge in [-0.2, -0.15) is 13.2 Å². The molecule has 0 N–H and O–H groups in total. The molecule has 134 valence electrons. The van der Waals surface area contributed by atoms with Gasteiger partial charge in [-0.3, -0.25) is 0 Å². The molecule has 0 saturated carbocycles. The Labute approximate surface area is 153 Å². The van der Waals surface area contributed by atoms with Gasteiger partial charge in [-0.25, -0.2) is 4.99 Å². The first-order chi connectivity index (χ1) is 11.6. The number of benzene rings is 2. The molecule has 2 aromatic carbocycles. The van der Waals surface area contributed by atoms with Gasteiger partial charge in [-0.1, -0.05) is 6.07 Å². The minimum atomic E-state index is -4.41. The Balaban J connectivity index is 2.39. The summed E-state index contributed by atoms with van der Waals surface area (Å²) in [6.07, 6.45) is -2.73. The molecule has 0 spiro atoms. The molecule has 0 amide bonds. The Morgan fingerprint density at radius 1 is 1.16 bits per heavy atom. The van der Waals surface area contributed by atoms with E-state index in [1.807, 2.05) is 32.8 Å². The fourth-order valence-electron chi connectivity index (χ4n) is 2.13. The predicted molar refractivity (Wildman–Crippen MR) is 97.0 cm³/mol. The number of aliphatic imine (C=N–C) groups is 1. The summed E-state index contributed by atoms with van der Waals surface area (Å²) in [5, 5.41) is 0. The first-order valence-corrected chi connectivity index (χ1v) is 8.24. The summed E-state index contributed by atoms with van der Waals surface area (Å²) < 4.78 is 44.9. The lowest BCUT2D eigenvalue weighted by Gasteiger charge is -2.15. The molecular weight excluding hydrogens is 397 g/mol. The maximum absolute atomic E-state index is 12.8. The average Bonchev–Trinajstić information content (AvgIpc) is 2.51. The summed E-state index contributed by atoms with van der Waals surface area (Å²) in [4.78, 5) is 6.22. The van der Waals surface area contributed by atoms with Crippen molar-refractivity contribution in [3.8, 4) is 11.5 Å². The molecule has 2 aromatic rings. The summed E-state index contributed by atoms with van der Waals surface area (Å²) in [5.74, 6) is 0.612. The fraction of sp³-hybridized carbons (Fsp3) is 0.278. The molecule has 0 aliphatic rings. The maximum Gasteiger partial charge on any atom is 0.416 e. The number of nitrogens with zero attached hydrogens (tertiary/aromatic N) is 2. The van der Waals surface area contributed by atoms with Crippen LogP contribution >= 0.6 is 15.9 Å². The summed E-state index contributed by atoms with van der Waals surface area (Å²) in [7, 11) is 3.73. The van der Waals surface area contributed by atoms with Gasteiger partial charge in [0.25, 0.3) is 0 Å². The molecule has 0 heterocycles. The third-order valence-corrected chi connectivity index (χ3v) is 4.41. The van der Waals surface area contributed by atoms with E-state index >= 15 is 0 Å². The summed E-state index contributed by atoms with van der Waals surface area (Å²) in [6.45, 7) is 3.69. The number of ether oxygens (including phenoxy) is 1. The van der Waals surface area contributed by atoms with Crippen LogP contribution in [0.3, 0.4) is 0 Å². The van der Waals surface area contributed by atoms with Gasteiger partial charge in [0.05, 0.1) is 22.1 Å². The van der Waals surface area contributed by atoms with Crippen LogP contribution in [0.5, 0.6) is 11.5 Å². The molecule has 0 aromatic heterocycles. The lowest BCUT2D eigenvalue weighted by atomic mass is 10.1. The second-order valence-electron chi connectivity index (χ2n) is 5.82. The topological polar surface area (TPSA) is 24.8 Å². The number of alkyl halides is 3. The van der Waals surface area contributed by atoms with Crippen molar-refractivity contribution >= 4 is 28.0 Å². The van der Waals surface area contributed by atoms with Crippen LogP contribution in [0.25, 0.3) is 0 Å². The molecule has 2 rings (SSSR count). The van der Waals surface area contributed by atoms with Gasteiger partial charge < -0.3 is 9.64 Å². The number of halogens is 4. The van der Waals surface area contributed by atoms with Gasteiger partial charge in [0, 0.05) is 19.7 Å². The van der Waals surface area contributed by atoms with Gasteiger partial charge in [-0.15, -0.1) is 0 Å². The van der Waals surface area contributed by atoms with E-state index in [1.54, 1.807) is 12.4 Å². The molecule has 0 radical (unpaired) electrons. The molecule has 0 fully saturated rings. The zero-order valence-corrected chi connectivity index (χ0v) is 15.9. The van der Waals surface area contributed by atoms with Crippen molar-refractivity contribution in [2.75, 3.05) is 14.1 Å². The maximum atomic E-state index is 12.8. The highest BCUT2D eigenvalue weighted by Crippen LogP contribution is 2.40. The SMILES string of the molecule is Cc1cc(Oc2cccc(C(F)(F)F)c2)c(C)c(Br)c1N=CN(C)C. The molecule has 3 nitrogen and oxygen atoms in total. The number of rotatable bonds is 4. The predicted octanol–water partition coefficient (Wildman–Crippen LogP) is 6.10. The van der Waals surface area contributed by atoms with E-state index in [1.165, 1.54) is 12.1 Å². The Hall–Kier alpha value is -2.02. The molecule has 0 saturated heterocycles. The molecular formula is C18H18BrF3N2O. The highest BCUT2D eigenvalue weighted by molar-refractivity contribution is 9.10. The van der Waals surface area contributed by atoms with Crippen LogP contribution in [0.4, 0.5) is 18.9 Å². The van der Waals surface area contributed by atoms with E-state index in [2.05, 4.69) is 20.9 Å². The van der Waals surface area contributed by atoms with E-state index in [9.17, 15) is 13.2 Å². The highest BCUT2D eigenvalue weighted by atomic mass is 79.9. The van der Waals surface area contributed by atoms with Crippen LogP contribution in [-0.4, -0.2) is 25.3 Å². The molecule has 0 atom stereocenters. The lowest BCUT2D eigenvalue weighted by Crippen LogP contribution is -2.07. The summed E-state index contributed by atoms with van der Waals surface area (Å²) >= 11 is 3.50. The second-order valence-corrected chi connectivity index (χ2v) is 6.61. The molecule has 0 aliphatic heterocycles. The van der Waals surface area contributed by atoms with Crippen molar-refractivity contribution in [3.63, 3.8) is 0 Å². The van der Waals surface area contributed by atoms with Crippen molar-refractivity contribution in [1.29, 1.82) is 0 Å². The van der Waals surface area contributed by atoms with Gasteiger partial charge >= 0.3 is 6.18 Å². The summed E-state index contributed by atoms with van der Waals surface area (Å²) in [5.41, 5.74) is 1.61.